The van der Waals surface area contributed by atoms with Crippen LogP contribution in [0.25, 0.3) is 0 Å². The summed E-state index contributed by atoms with van der Waals surface area (Å²) in [4.78, 5) is 14.9. The fraction of sp³-hybridized carbons (Fsp3) is 0.400. The number of amides is 1. The highest BCUT2D eigenvalue weighted by atomic mass is 16.6. The smallest absolute Gasteiger partial charge is 0.407 e. The van der Waals surface area contributed by atoms with E-state index in [1.807, 2.05) is 12.1 Å². The first-order chi connectivity index (χ1) is 7.33. The van der Waals surface area contributed by atoms with Crippen LogP contribution in [0.4, 0.5) is 4.79 Å². The van der Waals surface area contributed by atoms with Crippen LogP contribution in [0.5, 0.6) is 0 Å². The second-order valence-corrected chi connectivity index (χ2v) is 2.90. The quantitative estimate of drug-likeness (QED) is 0.735. The lowest BCUT2D eigenvalue weighted by Crippen LogP contribution is -2.27. The molecule has 0 saturated carbocycles. The van der Waals surface area contributed by atoms with Crippen molar-refractivity contribution in [3.05, 3.63) is 30.1 Å². The lowest BCUT2D eigenvalue weighted by Gasteiger charge is -2.05. The second-order valence-electron chi connectivity index (χ2n) is 2.90. The maximum absolute atomic E-state index is 10.9. The maximum Gasteiger partial charge on any atom is 0.407 e. The Kier molecular flexibility index (Phi) is 5.18. The van der Waals surface area contributed by atoms with Gasteiger partial charge in [-0.1, -0.05) is 6.07 Å². The van der Waals surface area contributed by atoms with Crippen LogP contribution in [0, 0.1) is 0 Å². The van der Waals surface area contributed by atoms with Crippen molar-refractivity contribution in [3.63, 3.8) is 0 Å². The number of aliphatic hydroxyl groups is 1. The van der Waals surface area contributed by atoms with Crippen LogP contribution in [0.3, 0.4) is 0 Å². The lowest BCUT2D eigenvalue weighted by atomic mass is 10.2. The predicted octanol–water partition coefficient (Wildman–Crippen LogP) is 0.343. The average molecular weight is 210 g/mol. The van der Waals surface area contributed by atoms with E-state index < -0.39 is 6.09 Å². The van der Waals surface area contributed by atoms with Crippen LogP contribution < -0.4 is 5.32 Å². The first-order valence-electron chi connectivity index (χ1n) is 4.73. The average Bonchev–Trinajstić information content (AvgIpc) is 2.28. The molecule has 1 amide bonds. The number of hydrogen-bond acceptors (Lipinski definition) is 4. The van der Waals surface area contributed by atoms with Crippen LogP contribution in [-0.2, 0) is 11.2 Å². The largest absolute Gasteiger partial charge is 0.447 e. The molecular formula is C10H14N2O3. The summed E-state index contributed by atoms with van der Waals surface area (Å²) in [7, 11) is 0. The highest BCUT2D eigenvalue weighted by molar-refractivity contribution is 5.67. The number of nitrogens with zero attached hydrogens (tertiary/aromatic N) is 1. The Labute approximate surface area is 88.1 Å². The van der Waals surface area contributed by atoms with Gasteiger partial charge in [-0.15, -0.1) is 0 Å². The normalized spacial score (nSPS) is 9.67. The van der Waals surface area contributed by atoms with E-state index >= 15 is 0 Å². The lowest BCUT2D eigenvalue weighted by molar-refractivity contribution is 0.119. The van der Waals surface area contributed by atoms with E-state index in [0.717, 1.165) is 5.56 Å². The fourth-order valence-corrected chi connectivity index (χ4v) is 1.04. The second kappa shape index (κ2) is 6.78. The van der Waals surface area contributed by atoms with Gasteiger partial charge in [0.2, 0.25) is 0 Å². The molecule has 1 rings (SSSR count). The fourth-order valence-electron chi connectivity index (χ4n) is 1.04. The van der Waals surface area contributed by atoms with Crippen LogP contribution in [0.2, 0.25) is 0 Å². The van der Waals surface area contributed by atoms with Crippen LogP contribution in [0.1, 0.15) is 5.56 Å². The number of nitrogens with one attached hydrogen (secondary N) is 1. The number of aliphatic hydroxyl groups excluding tert-OH is 1. The molecular weight excluding hydrogens is 196 g/mol. The van der Waals surface area contributed by atoms with Crippen molar-refractivity contribution in [1.82, 2.24) is 10.3 Å². The van der Waals surface area contributed by atoms with Crippen LogP contribution >= 0.6 is 0 Å². The van der Waals surface area contributed by atoms with Crippen LogP contribution in [0.15, 0.2) is 24.5 Å². The molecule has 0 atom stereocenters. The molecule has 0 aliphatic heterocycles. The predicted molar refractivity (Wildman–Crippen MR) is 54.4 cm³/mol. The number of hydrogen-bond donors (Lipinski definition) is 2. The summed E-state index contributed by atoms with van der Waals surface area (Å²) in [6, 6.07) is 3.78. The van der Waals surface area contributed by atoms with Crippen molar-refractivity contribution in [2.24, 2.45) is 0 Å². The minimum Gasteiger partial charge on any atom is -0.447 e. The standard InChI is InChI=1S/C10H14N2O3/c13-6-7-15-10(14)12-5-3-9-2-1-4-11-8-9/h1-2,4,8,13H,3,5-7H2,(H,12,14). The van der Waals surface area contributed by atoms with Gasteiger partial charge in [0.05, 0.1) is 6.61 Å². The van der Waals surface area contributed by atoms with E-state index in [4.69, 9.17) is 5.11 Å². The Bertz CT molecular complexity index is 290. The molecule has 0 aromatic carbocycles. The Balaban J connectivity index is 2.14. The number of carbonyl (C=O) groups is 1. The zero-order valence-corrected chi connectivity index (χ0v) is 8.35. The van der Waals surface area contributed by atoms with Crippen LogP contribution in [-0.4, -0.2) is 35.9 Å². The van der Waals surface area contributed by atoms with E-state index in [1.54, 1.807) is 12.4 Å². The molecule has 0 unspecified atom stereocenters. The van der Waals surface area contributed by atoms with Crippen molar-refractivity contribution >= 4 is 6.09 Å². The van der Waals surface area contributed by atoms with E-state index in [2.05, 4.69) is 15.0 Å². The Morgan fingerprint density at radius 1 is 1.60 bits per heavy atom. The molecule has 0 radical (unpaired) electrons. The topological polar surface area (TPSA) is 71.5 Å². The zero-order valence-electron chi connectivity index (χ0n) is 8.35. The summed E-state index contributed by atoms with van der Waals surface area (Å²) in [5.41, 5.74) is 1.06. The molecule has 15 heavy (non-hydrogen) atoms. The Morgan fingerprint density at radius 2 is 2.47 bits per heavy atom. The Hall–Kier alpha value is -1.62. The third-order valence-corrected chi connectivity index (χ3v) is 1.73. The molecule has 2 N–H and O–H groups in total. The number of aromatic nitrogens is 1. The van der Waals surface area contributed by atoms with Gasteiger partial charge in [0.15, 0.2) is 0 Å². The van der Waals surface area contributed by atoms with Crippen molar-refractivity contribution in [2.45, 2.75) is 6.42 Å². The maximum atomic E-state index is 10.9. The summed E-state index contributed by atoms with van der Waals surface area (Å²) in [5, 5.41) is 11.0. The van der Waals surface area contributed by atoms with E-state index in [9.17, 15) is 4.79 Å². The minimum atomic E-state index is -0.507. The zero-order chi connectivity index (χ0) is 10.9. The number of pyridine rings is 1. The molecule has 1 aromatic heterocycles. The molecule has 0 fully saturated rings. The Morgan fingerprint density at radius 3 is 3.13 bits per heavy atom. The van der Waals surface area contributed by atoms with Crippen molar-refractivity contribution in [2.75, 3.05) is 19.8 Å². The van der Waals surface area contributed by atoms with Gasteiger partial charge in [-0.05, 0) is 18.1 Å². The molecule has 1 aromatic rings. The van der Waals surface area contributed by atoms with E-state index in [1.165, 1.54) is 0 Å². The van der Waals surface area contributed by atoms with Gasteiger partial charge < -0.3 is 15.2 Å². The van der Waals surface area contributed by atoms with Crippen molar-refractivity contribution in [3.8, 4) is 0 Å². The van der Waals surface area contributed by atoms with Crippen molar-refractivity contribution < 1.29 is 14.6 Å². The number of ether oxygens (including phenoxy) is 1. The monoisotopic (exact) mass is 210 g/mol. The van der Waals surface area contributed by atoms with E-state index in [0.29, 0.717) is 13.0 Å². The molecule has 1 heterocycles. The molecule has 0 aliphatic carbocycles. The third kappa shape index (κ3) is 4.97. The van der Waals surface area contributed by atoms with Gasteiger partial charge >= 0.3 is 6.09 Å². The highest BCUT2D eigenvalue weighted by Crippen LogP contribution is 1.95. The number of rotatable bonds is 5. The van der Waals surface area contributed by atoms with Gasteiger partial charge in [-0.25, -0.2) is 4.79 Å². The summed E-state index contributed by atoms with van der Waals surface area (Å²) in [6.07, 6.45) is 3.66. The van der Waals surface area contributed by atoms with Crippen molar-refractivity contribution in [1.29, 1.82) is 0 Å². The molecule has 0 spiro atoms. The summed E-state index contributed by atoms with van der Waals surface area (Å²) in [5.74, 6) is 0. The first-order valence-corrected chi connectivity index (χ1v) is 4.73. The molecule has 0 bridgehead atoms. The summed E-state index contributed by atoms with van der Waals surface area (Å²) < 4.78 is 4.61. The van der Waals surface area contributed by atoms with Gasteiger partial charge in [0, 0.05) is 18.9 Å². The molecule has 0 saturated heterocycles. The summed E-state index contributed by atoms with van der Waals surface area (Å²) in [6.45, 7) is 0.366. The van der Waals surface area contributed by atoms with Gasteiger partial charge in [0.1, 0.15) is 6.61 Å². The van der Waals surface area contributed by atoms with Gasteiger partial charge in [-0.3, -0.25) is 4.98 Å². The number of carbonyl (C=O) groups excluding carboxylic acids is 1. The van der Waals surface area contributed by atoms with E-state index in [-0.39, 0.29) is 13.2 Å². The van der Waals surface area contributed by atoms with Gasteiger partial charge in [-0.2, -0.15) is 0 Å². The SMILES string of the molecule is O=C(NCCc1cccnc1)OCCO. The minimum absolute atomic E-state index is 0.0265. The first kappa shape index (κ1) is 11.5. The molecule has 82 valence electrons. The highest BCUT2D eigenvalue weighted by Gasteiger charge is 1.99. The summed E-state index contributed by atoms with van der Waals surface area (Å²) >= 11 is 0. The third-order valence-electron chi connectivity index (χ3n) is 1.73. The van der Waals surface area contributed by atoms with Gasteiger partial charge in [0.25, 0.3) is 0 Å². The molecule has 5 nitrogen and oxygen atoms in total. The molecule has 0 aliphatic rings. The molecule has 5 heteroatoms. The number of alkyl carbamates (subject to hydrolysis) is 1.